The van der Waals surface area contributed by atoms with E-state index in [9.17, 15) is 8.78 Å². The Bertz CT molecular complexity index is 459. The molecule has 0 amide bonds. The van der Waals surface area contributed by atoms with Crippen LogP contribution in [-0.4, -0.2) is 31.3 Å². The van der Waals surface area contributed by atoms with Gasteiger partial charge in [-0.3, -0.25) is 0 Å². The molecule has 118 valence electrons. The molecule has 2 rings (SSSR count). The number of para-hydroxylation sites is 1. The summed E-state index contributed by atoms with van der Waals surface area (Å²) in [4.78, 5) is 0. The molecule has 0 heterocycles. The van der Waals surface area contributed by atoms with Crippen LogP contribution in [-0.2, 0) is 6.54 Å². The van der Waals surface area contributed by atoms with Gasteiger partial charge >= 0.3 is 6.61 Å². The molecule has 1 saturated carbocycles. The maximum Gasteiger partial charge on any atom is 0.387 e. The molecule has 2 unspecified atom stereocenters. The molecule has 1 fully saturated rings. The predicted octanol–water partition coefficient (Wildman–Crippen LogP) is 3.67. The maximum atomic E-state index is 12.6. The van der Waals surface area contributed by atoms with Crippen molar-refractivity contribution in [3.05, 3.63) is 23.8 Å². The number of alkyl halides is 2. The standard InChI is InChI=1S/C15H21F2NO2S/c1-19-13-5-3-4-10(14(13)20-15(16)17)9-18-11-6-7-12(8-11)21-2/h3-5,11-12,15,18H,6-9H2,1-2H3. The number of halogens is 2. The van der Waals surface area contributed by atoms with Gasteiger partial charge in [0.1, 0.15) is 0 Å². The number of rotatable bonds is 7. The van der Waals surface area contributed by atoms with Gasteiger partial charge in [-0.15, -0.1) is 0 Å². The third-order valence-electron chi connectivity index (χ3n) is 3.79. The van der Waals surface area contributed by atoms with Crippen LogP contribution < -0.4 is 14.8 Å². The van der Waals surface area contributed by atoms with Crippen molar-refractivity contribution in [2.75, 3.05) is 13.4 Å². The van der Waals surface area contributed by atoms with E-state index in [0.717, 1.165) is 12.8 Å². The third kappa shape index (κ3) is 4.48. The van der Waals surface area contributed by atoms with Crippen LogP contribution in [0.3, 0.4) is 0 Å². The third-order valence-corrected chi connectivity index (χ3v) is 4.88. The maximum absolute atomic E-state index is 12.6. The Hall–Kier alpha value is -1.01. The molecular formula is C15H21F2NO2S. The summed E-state index contributed by atoms with van der Waals surface area (Å²) < 4.78 is 34.8. The van der Waals surface area contributed by atoms with E-state index >= 15 is 0 Å². The van der Waals surface area contributed by atoms with Gasteiger partial charge in [-0.25, -0.2) is 0 Å². The van der Waals surface area contributed by atoms with Gasteiger partial charge in [0.05, 0.1) is 7.11 Å². The molecule has 0 radical (unpaired) electrons. The van der Waals surface area contributed by atoms with Gasteiger partial charge in [-0.1, -0.05) is 12.1 Å². The SMILES string of the molecule is COc1cccc(CNC2CCC(SC)C2)c1OC(F)F. The Morgan fingerprint density at radius 1 is 1.38 bits per heavy atom. The summed E-state index contributed by atoms with van der Waals surface area (Å²) in [6.07, 6.45) is 5.58. The normalized spacial score (nSPS) is 21.8. The van der Waals surface area contributed by atoms with Crippen molar-refractivity contribution in [2.45, 2.75) is 43.7 Å². The molecule has 0 saturated heterocycles. The highest BCUT2D eigenvalue weighted by atomic mass is 32.2. The number of methoxy groups -OCH3 is 1. The monoisotopic (exact) mass is 317 g/mol. The molecule has 3 nitrogen and oxygen atoms in total. The molecule has 0 aromatic heterocycles. The van der Waals surface area contributed by atoms with Gasteiger partial charge in [-0.2, -0.15) is 20.5 Å². The lowest BCUT2D eigenvalue weighted by atomic mass is 10.1. The second-order valence-corrected chi connectivity index (χ2v) is 6.21. The van der Waals surface area contributed by atoms with E-state index in [4.69, 9.17) is 4.74 Å². The molecule has 2 atom stereocenters. The average Bonchev–Trinajstić information content (AvgIpc) is 2.93. The average molecular weight is 317 g/mol. The number of benzene rings is 1. The lowest BCUT2D eigenvalue weighted by Gasteiger charge is -2.17. The first-order valence-electron chi connectivity index (χ1n) is 7.01. The van der Waals surface area contributed by atoms with Gasteiger partial charge in [0.2, 0.25) is 0 Å². The van der Waals surface area contributed by atoms with E-state index in [-0.39, 0.29) is 5.75 Å². The fraction of sp³-hybridized carbons (Fsp3) is 0.600. The van der Waals surface area contributed by atoms with E-state index < -0.39 is 6.61 Å². The van der Waals surface area contributed by atoms with Crippen molar-refractivity contribution in [2.24, 2.45) is 0 Å². The Morgan fingerprint density at radius 2 is 2.19 bits per heavy atom. The molecule has 1 aromatic carbocycles. The second-order valence-electron chi connectivity index (χ2n) is 5.08. The van der Waals surface area contributed by atoms with E-state index in [1.54, 1.807) is 18.2 Å². The minimum atomic E-state index is -2.85. The molecule has 1 aliphatic rings. The van der Waals surface area contributed by atoms with Gasteiger partial charge in [-0.05, 0) is 31.6 Å². The van der Waals surface area contributed by atoms with Gasteiger partial charge in [0, 0.05) is 23.4 Å². The number of nitrogens with one attached hydrogen (secondary N) is 1. The smallest absolute Gasteiger partial charge is 0.387 e. The predicted molar refractivity (Wildman–Crippen MR) is 81.4 cm³/mol. The highest BCUT2D eigenvalue weighted by molar-refractivity contribution is 7.99. The van der Waals surface area contributed by atoms with Crippen molar-refractivity contribution in [3.8, 4) is 11.5 Å². The van der Waals surface area contributed by atoms with Crippen molar-refractivity contribution < 1.29 is 18.3 Å². The largest absolute Gasteiger partial charge is 0.493 e. The number of hydrogen-bond acceptors (Lipinski definition) is 4. The van der Waals surface area contributed by atoms with Crippen molar-refractivity contribution in [1.29, 1.82) is 0 Å². The van der Waals surface area contributed by atoms with Crippen LogP contribution in [0, 0.1) is 0 Å². The number of ether oxygens (including phenoxy) is 2. The summed E-state index contributed by atoms with van der Waals surface area (Å²) in [5, 5.41) is 4.13. The van der Waals surface area contributed by atoms with Crippen molar-refractivity contribution >= 4 is 11.8 Å². The van der Waals surface area contributed by atoms with Crippen LogP contribution in [0.25, 0.3) is 0 Å². The molecule has 1 aromatic rings. The fourth-order valence-corrected chi connectivity index (χ4v) is 3.47. The summed E-state index contributed by atoms with van der Waals surface area (Å²) in [6, 6.07) is 5.63. The van der Waals surface area contributed by atoms with Crippen LogP contribution >= 0.6 is 11.8 Å². The van der Waals surface area contributed by atoms with Gasteiger partial charge in [0.25, 0.3) is 0 Å². The summed E-state index contributed by atoms with van der Waals surface area (Å²) >= 11 is 1.89. The minimum Gasteiger partial charge on any atom is -0.493 e. The van der Waals surface area contributed by atoms with Crippen LogP contribution in [0.2, 0.25) is 0 Å². The minimum absolute atomic E-state index is 0.127. The molecule has 21 heavy (non-hydrogen) atoms. The first kappa shape index (κ1) is 16.4. The number of thioether (sulfide) groups is 1. The zero-order valence-electron chi connectivity index (χ0n) is 12.3. The van der Waals surface area contributed by atoms with Crippen LogP contribution in [0.1, 0.15) is 24.8 Å². The van der Waals surface area contributed by atoms with E-state index in [1.807, 2.05) is 11.8 Å². The number of hydrogen-bond donors (Lipinski definition) is 1. The van der Waals surface area contributed by atoms with Crippen LogP contribution in [0.4, 0.5) is 8.78 Å². The van der Waals surface area contributed by atoms with Crippen molar-refractivity contribution in [1.82, 2.24) is 5.32 Å². The lowest BCUT2D eigenvalue weighted by molar-refractivity contribution is -0.0518. The molecule has 0 aliphatic heterocycles. The van der Waals surface area contributed by atoms with Crippen LogP contribution in [0.15, 0.2) is 18.2 Å². The fourth-order valence-electron chi connectivity index (χ4n) is 2.68. The molecule has 6 heteroatoms. The Labute approximate surface area is 128 Å². The molecule has 0 spiro atoms. The quantitative estimate of drug-likeness (QED) is 0.831. The van der Waals surface area contributed by atoms with Crippen LogP contribution in [0.5, 0.6) is 11.5 Å². The van der Waals surface area contributed by atoms with E-state index in [1.165, 1.54) is 13.5 Å². The Morgan fingerprint density at radius 3 is 2.81 bits per heavy atom. The Kier molecular flexibility index (Phi) is 6.11. The van der Waals surface area contributed by atoms with E-state index in [2.05, 4.69) is 16.3 Å². The summed E-state index contributed by atoms with van der Waals surface area (Å²) in [7, 11) is 1.45. The second kappa shape index (κ2) is 7.84. The highest BCUT2D eigenvalue weighted by Gasteiger charge is 2.24. The Balaban J connectivity index is 2.02. The molecule has 1 N–H and O–H groups in total. The molecular weight excluding hydrogens is 296 g/mol. The summed E-state index contributed by atoms with van der Waals surface area (Å²) in [5.74, 6) is 0.463. The summed E-state index contributed by atoms with van der Waals surface area (Å²) in [6.45, 7) is -2.35. The lowest BCUT2D eigenvalue weighted by Crippen LogP contribution is -2.26. The topological polar surface area (TPSA) is 30.5 Å². The zero-order chi connectivity index (χ0) is 15.2. The van der Waals surface area contributed by atoms with Gasteiger partial charge < -0.3 is 14.8 Å². The molecule has 1 aliphatic carbocycles. The first-order valence-corrected chi connectivity index (χ1v) is 8.29. The first-order chi connectivity index (χ1) is 10.1. The zero-order valence-corrected chi connectivity index (χ0v) is 13.1. The molecule has 0 bridgehead atoms. The van der Waals surface area contributed by atoms with E-state index in [0.29, 0.717) is 29.1 Å². The summed E-state index contributed by atoms with van der Waals surface area (Å²) in [5.41, 5.74) is 0.697. The van der Waals surface area contributed by atoms with Crippen molar-refractivity contribution in [3.63, 3.8) is 0 Å². The van der Waals surface area contributed by atoms with Gasteiger partial charge in [0.15, 0.2) is 11.5 Å². The highest BCUT2D eigenvalue weighted by Crippen LogP contribution is 2.33.